The van der Waals surface area contributed by atoms with Crippen LogP contribution in [-0.4, -0.2) is 12.0 Å². The Labute approximate surface area is 68.9 Å². The standard InChI is InChI=1S/C8H11F3O/c9-8(10,11)5-6-3-1-2-4-7(6)12/h6H,1-5H2. The Kier molecular flexibility index (Phi) is 2.75. The summed E-state index contributed by atoms with van der Waals surface area (Å²) in [5, 5.41) is 0. The normalized spacial score (nSPS) is 25.9. The quantitative estimate of drug-likeness (QED) is 0.606. The van der Waals surface area contributed by atoms with Crippen molar-refractivity contribution in [2.45, 2.75) is 38.3 Å². The smallest absolute Gasteiger partial charge is 0.299 e. The van der Waals surface area contributed by atoms with E-state index in [1.807, 2.05) is 0 Å². The van der Waals surface area contributed by atoms with Crippen LogP contribution in [0.15, 0.2) is 0 Å². The first-order valence-corrected chi connectivity index (χ1v) is 4.08. The summed E-state index contributed by atoms with van der Waals surface area (Å²) < 4.78 is 35.6. The van der Waals surface area contributed by atoms with Crippen LogP contribution in [0.4, 0.5) is 13.2 Å². The zero-order chi connectivity index (χ0) is 9.19. The first-order valence-electron chi connectivity index (χ1n) is 4.08. The van der Waals surface area contributed by atoms with E-state index in [1.165, 1.54) is 0 Å². The molecule has 0 bridgehead atoms. The highest BCUT2D eigenvalue weighted by Gasteiger charge is 2.35. The number of hydrogen-bond donors (Lipinski definition) is 0. The van der Waals surface area contributed by atoms with Gasteiger partial charge in [-0.05, 0) is 12.8 Å². The molecule has 0 saturated heterocycles. The van der Waals surface area contributed by atoms with Gasteiger partial charge in [0.1, 0.15) is 5.78 Å². The molecule has 1 nitrogen and oxygen atoms in total. The minimum absolute atomic E-state index is 0.210. The third-order valence-electron chi connectivity index (χ3n) is 2.16. The number of ketones is 1. The molecule has 0 aromatic rings. The van der Waals surface area contributed by atoms with Gasteiger partial charge in [0.2, 0.25) is 0 Å². The van der Waals surface area contributed by atoms with Crippen molar-refractivity contribution in [2.75, 3.05) is 0 Å². The molecule has 1 saturated carbocycles. The van der Waals surface area contributed by atoms with Crippen LogP contribution >= 0.6 is 0 Å². The highest BCUT2D eigenvalue weighted by molar-refractivity contribution is 5.81. The second-order valence-electron chi connectivity index (χ2n) is 3.23. The molecule has 0 N–H and O–H groups in total. The summed E-state index contributed by atoms with van der Waals surface area (Å²) in [7, 11) is 0. The van der Waals surface area contributed by atoms with Crippen molar-refractivity contribution < 1.29 is 18.0 Å². The van der Waals surface area contributed by atoms with E-state index in [4.69, 9.17) is 0 Å². The van der Waals surface area contributed by atoms with Crippen molar-refractivity contribution in [1.29, 1.82) is 0 Å². The average molecular weight is 180 g/mol. The number of Topliss-reactive ketones (excluding diaryl/α,β-unsaturated/α-hetero) is 1. The highest BCUT2D eigenvalue weighted by Crippen LogP contribution is 2.31. The molecule has 0 heterocycles. The van der Waals surface area contributed by atoms with E-state index in [0.29, 0.717) is 12.8 Å². The van der Waals surface area contributed by atoms with Gasteiger partial charge in [0.25, 0.3) is 0 Å². The molecule has 1 aliphatic rings. The largest absolute Gasteiger partial charge is 0.389 e. The van der Waals surface area contributed by atoms with Crippen LogP contribution in [0.25, 0.3) is 0 Å². The molecule has 1 rings (SSSR count). The summed E-state index contributed by atoms with van der Waals surface area (Å²) in [4.78, 5) is 11.0. The maximum Gasteiger partial charge on any atom is 0.389 e. The lowest BCUT2D eigenvalue weighted by Gasteiger charge is -2.21. The van der Waals surface area contributed by atoms with E-state index in [1.54, 1.807) is 0 Å². The van der Waals surface area contributed by atoms with Gasteiger partial charge in [-0.15, -0.1) is 0 Å². The van der Waals surface area contributed by atoms with E-state index in [2.05, 4.69) is 0 Å². The number of rotatable bonds is 1. The number of hydrogen-bond acceptors (Lipinski definition) is 1. The maximum atomic E-state index is 11.9. The fourth-order valence-electron chi connectivity index (χ4n) is 1.55. The lowest BCUT2D eigenvalue weighted by molar-refractivity contribution is -0.155. The van der Waals surface area contributed by atoms with Crippen molar-refractivity contribution >= 4 is 5.78 Å². The van der Waals surface area contributed by atoms with Crippen molar-refractivity contribution in [1.82, 2.24) is 0 Å². The molecule has 0 aliphatic heterocycles. The van der Waals surface area contributed by atoms with Gasteiger partial charge in [-0.2, -0.15) is 13.2 Å². The fraction of sp³-hybridized carbons (Fsp3) is 0.875. The minimum atomic E-state index is -4.18. The summed E-state index contributed by atoms with van der Waals surface area (Å²) in [5.41, 5.74) is 0. The number of carbonyl (C=O) groups is 1. The number of carbonyl (C=O) groups excluding carboxylic acids is 1. The fourth-order valence-corrected chi connectivity index (χ4v) is 1.55. The predicted molar refractivity (Wildman–Crippen MR) is 37.6 cm³/mol. The third-order valence-corrected chi connectivity index (χ3v) is 2.16. The molecular formula is C8H11F3O. The first kappa shape index (κ1) is 9.55. The predicted octanol–water partition coefficient (Wildman–Crippen LogP) is 2.70. The molecule has 4 heteroatoms. The third kappa shape index (κ3) is 2.83. The first-order chi connectivity index (χ1) is 5.49. The Morgan fingerprint density at radius 2 is 2.00 bits per heavy atom. The molecule has 0 radical (unpaired) electrons. The number of alkyl halides is 3. The molecule has 0 spiro atoms. The molecule has 70 valence electrons. The minimum Gasteiger partial charge on any atom is -0.299 e. The summed E-state index contributed by atoms with van der Waals surface area (Å²) in [5.74, 6) is -0.961. The van der Waals surface area contributed by atoms with E-state index >= 15 is 0 Å². The van der Waals surface area contributed by atoms with Gasteiger partial charge < -0.3 is 0 Å². The van der Waals surface area contributed by atoms with E-state index < -0.39 is 18.5 Å². The molecule has 0 amide bonds. The Balaban J connectivity index is 2.45. The number of halogens is 3. The molecule has 1 atom stereocenters. The Hall–Kier alpha value is -0.540. The van der Waals surface area contributed by atoms with Crippen LogP contribution in [0.2, 0.25) is 0 Å². The van der Waals surface area contributed by atoms with Gasteiger partial charge in [0, 0.05) is 12.3 Å². The summed E-state index contributed by atoms with van der Waals surface area (Å²) in [6, 6.07) is 0. The summed E-state index contributed by atoms with van der Waals surface area (Å²) >= 11 is 0. The van der Waals surface area contributed by atoms with E-state index in [9.17, 15) is 18.0 Å². The zero-order valence-electron chi connectivity index (χ0n) is 6.66. The van der Waals surface area contributed by atoms with Crippen LogP contribution in [0, 0.1) is 5.92 Å². The van der Waals surface area contributed by atoms with Crippen LogP contribution < -0.4 is 0 Å². The lowest BCUT2D eigenvalue weighted by atomic mass is 9.86. The van der Waals surface area contributed by atoms with Crippen LogP contribution in [-0.2, 0) is 4.79 Å². The van der Waals surface area contributed by atoms with Crippen molar-refractivity contribution in [3.8, 4) is 0 Å². The second kappa shape index (κ2) is 3.46. The second-order valence-corrected chi connectivity index (χ2v) is 3.23. The summed E-state index contributed by atoms with van der Waals surface area (Å²) in [6.45, 7) is 0. The van der Waals surface area contributed by atoms with Crippen molar-refractivity contribution in [3.05, 3.63) is 0 Å². The molecule has 1 aliphatic carbocycles. The van der Waals surface area contributed by atoms with Gasteiger partial charge in [0.05, 0.1) is 6.42 Å². The monoisotopic (exact) mass is 180 g/mol. The van der Waals surface area contributed by atoms with Gasteiger partial charge >= 0.3 is 6.18 Å². The van der Waals surface area contributed by atoms with E-state index in [-0.39, 0.29) is 5.78 Å². The summed E-state index contributed by atoms with van der Waals surface area (Å²) in [6.07, 6.45) is -2.84. The van der Waals surface area contributed by atoms with Gasteiger partial charge in [-0.1, -0.05) is 6.42 Å². The Bertz CT molecular complexity index is 174. The molecule has 1 unspecified atom stereocenters. The molecule has 0 aromatic carbocycles. The van der Waals surface area contributed by atoms with Crippen LogP contribution in [0.5, 0.6) is 0 Å². The van der Waals surface area contributed by atoms with E-state index in [0.717, 1.165) is 12.8 Å². The van der Waals surface area contributed by atoms with Crippen molar-refractivity contribution in [3.63, 3.8) is 0 Å². The van der Waals surface area contributed by atoms with Gasteiger partial charge in [-0.25, -0.2) is 0 Å². The van der Waals surface area contributed by atoms with Crippen LogP contribution in [0.3, 0.4) is 0 Å². The maximum absolute atomic E-state index is 11.9. The zero-order valence-corrected chi connectivity index (χ0v) is 6.66. The molecule has 1 fully saturated rings. The Morgan fingerprint density at radius 1 is 1.33 bits per heavy atom. The average Bonchev–Trinajstić information content (AvgIpc) is 1.91. The molecular weight excluding hydrogens is 169 g/mol. The van der Waals surface area contributed by atoms with Gasteiger partial charge in [-0.3, -0.25) is 4.79 Å². The van der Waals surface area contributed by atoms with Gasteiger partial charge in [0.15, 0.2) is 0 Å². The Morgan fingerprint density at radius 3 is 2.50 bits per heavy atom. The molecule has 0 aromatic heterocycles. The van der Waals surface area contributed by atoms with Crippen molar-refractivity contribution in [2.24, 2.45) is 5.92 Å². The lowest BCUT2D eigenvalue weighted by Crippen LogP contribution is -2.25. The SMILES string of the molecule is O=C1CCCCC1CC(F)(F)F. The highest BCUT2D eigenvalue weighted by atomic mass is 19.4. The topological polar surface area (TPSA) is 17.1 Å². The molecule has 12 heavy (non-hydrogen) atoms. The van der Waals surface area contributed by atoms with Crippen LogP contribution in [0.1, 0.15) is 32.1 Å².